The largest absolute Gasteiger partial charge is 0.324 e. The summed E-state index contributed by atoms with van der Waals surface area (Å²) in [5, 5.41) is -0.0663. The molecule has 0 bridgehead atoms. The van der Waals surface area contributed by atoms with Gasteiger partial charge in [-0.3, -0.25) is 0 Å². The Kier molecular flexibility index (Phi) is 4.73. The zero-order valence-corrected chi connectivity index (χ0v) is 12.5. The van der Waals surface area contributed by atoms with E-state index in [2.05, 4.69) is 15.9 Å². The normalized spacial score (nSPS) is 12.5. The molecule has 106 valence electrons. The van der Waals surface area contributed by atoms with Crippen molar-refractivity contribution in [3.8, 4) is 0 Å². The van der Waals surface area contributed by atoms with Crippen molar-refractivity contribution in [1.29, 1.82) is 0 Å². The smallest absolute Gasteiger partial charge is 0.147 e. The molecule has 20 heavy (non-hydrogen) atoms. The average molecular weight is 365 g/mol. The maximum absolute atomic E-state index is 14.0. The summed E-state index contributed by atoms with van der Waals surface area (Å²) in [4.78, 5) is 0. The molecule has 1 atom stereocenters. The second-order valence-corrected chi connectivity index (χ2v) is 5.59. The van der Waals surface area contributed by atoms with Gasteiger partial charge in [0.25, 0.3) is 0 Å². The van der Waals surface area contributed by atoms with Gasteiger partial charge in [-0.05, 0) is 46.1 Å². The quantitative estimate of drug-likeness (QED) is 0.781. The molecule has 2 rings (SSSR count). The van der Waals surface area contributed by atoms with Crippen molar-refractivity contribution < 1.29 is 13.2 Å². The zero-order valence-electron chi connectivity index (χ0n) is 10.1. The van der Waals surface area contributed by atoms with Crippen LogP contribution in [0.5, 0.6) is 0 Å². The van der Waals surface area contributed by atoms with E-state index in [0.29, 0.717) is 10.0 Å². The highest BCUT2D eigenvalue weighted by molar-refractivity contribution is 9.10. The van der Waals surface area contributed by atoms with Crippen molar-refractivity contribution in [3.63, 3.8) is 0 Å². The van der Waals surface area contributed by atoms with Gasteiger partial charge in [0.15, 0.2) is 0 Å². The summed E-state index contributed by atoms with van der Waals surface area (Å²) in [6, 6.07) is 5.43. The van der Waals surface area contributed by atoms with Crippen molar-refractivity contribution in [2.45, 2.75) is 12.5 Å². The molecule has 2 N–H and O–H groups in total. The number of nitrogens with two attached hydrogens (primary N) is 1. The predicted molar refractivity (Wildman–Crippen MR) is 76.1 cm³/mol. The predicted octanol–water partition coefficient (Wildman–Crippen LogP) is 4.76. The number of hydrogen-bond acceptors (Lipinski definition) is 1. The van der Waals surface area contributed by atoms with E-state index in [1.165, 1.54) is 18.2 Å². The van der Waals surface area contributed by atoms with E-state index < -0.39 is 23.5 Å². The summed E-state index contributed by atoms with van der Waals surface area (Å²) in [5.74, 6) is -2.02. The summed E-state index contributed by atoms with van der Waals surface area (Å²) in [6.07, 6.45) is 0.101. The first-order chi connectivity index (χ1) is 9.38. The summed E-state index contributed by atoms with van der Waals surface area (Å²) < 4.78 is 40.6. The Morgan fingerprint density at radius 2 is 1.70 bits per heavy atom. The van der Waals surface area contributed by atoms with Gasteiger partial charge in [0.05, 0.1) is 5.02 Å². The van der Waals surface area contributed by atoms with Crippen molar-refractivity contribution in [1.82, 2.24) is 0 Å². The molecule has 0 spiro atoms. The minimum atomic E-state index is -0.748. The first kappa shape index (κ1) is 15.4. The van der Waals surface area contributed by atoms with E-state index >= 15 is 0 Å². The monoisotopic (exact) mass is 363 g/mol. The molecule has 2 aromatic rings. The molecule has 0 saturated heterocycles. The van der Waals surface area contributed by atoms with Gasteiger partial charge in [-0.15, -0.1) is 0 Å². The third-order valence-electron chi connectivity index (χ3n) is 2.84. The van der Waals surface area contributed by atoms with Crippen LogP contribution < -0.4 is 5.73 Å². The molecular weight excluding hydrogens is 355 g/mol. The molecule has 0 aromatic heterocycles. The van der Waals surface area contributed by atoms with Crippen LogP contribution in [0.4, 0.5) is 13.2 Å². The Morgan fingerprint density at radius 1 is 1.10 bits per heavy atom. The first-order valence-corrected chi connectivity index (χ1v) is 6.89. The SMILES string of the molecule is NC(Cc1cc(F)cc(F)c1)c1ccc(Br)c(Cl)c1F. The van der Waals surface area contributed by atoms with Crippen LogP contribution in [0.3, 0.4) is 0 Å². The maximum Gasteiger partial charge on any atom is 0.147 e. The number of rotatable bonds is 3. The van der Waals surface area contributed by atoms with E-state index in [1.54, 1.807) is 6.07 Å². The second-order valence-electron chi connectivity index (χ2n) is 4.35. The average Bonchev–Trinajstić information content (AvgIpc) is 2.34. The first-order valence-electron chi connectivity index (χ1n) is 5.72. The summed E-state index contributed by atoms with van der Waals surface area (Å²) in [5.41, 5.74) is 6.44. The topological polar surface area (TPSA) is 26.0 Å². The fourth-order valence-corrected chi connectivity index (χ4v) is 2.40. The number of benzene rings is 2. The van der Waals surface area contributed by atoms with Gasteiger partial charge in [-0.1, -0.05) is 17.7 Å². The van der Waals surface area contributed by atoms with Crippen LogP contribution in [0, 0.1) is 17.5 Å². The fourth-order valence-electron chi connectivity index (χ4n) is 1.92. The molecule has 0 heterocycles. The van der Waals surface area contributed by atoms with Crippen molar-refractivity contribution in [3.05, 3.63) is 68.4 Å². The Bertz CT molecular complexity index is 628. The lowest BCUT2D eigenvalue weighted by Crippen LogP contribution is -2.15. The van der Waals surface area contributed by atoms with Crippen LogP contribution in [0.2, 0.25) is 5.02 Å². The lowest BCUT2D eigenvalue weighted by Gasteiger charge is -2.14. The van der Waals surface area contributed by atoms with E-state index in [0.717, 1.165) is 6.07 Å². The van der Waals surface area contributed by atoms with Crippen LogP contribution in [0.15, 0.2) is 34.8 Å². The Balaban J connectivity index is 2.28. The van der Waals surface area contributed by atoms with Gasteiger partial charge in [0, 0.05) is 22.1 Å². The second kappa shape index (κ2) is 6.16. The van der Waals surface area contributed by atoms with Crippen LogP contribution in [0.25, 0.3) is 0 Å². The molecule has 1 unspecified atom stereocenters. The molecule has 0 fully saturated rings. The summed E-state index contributed by atoms with van der Waals surface area (Å²) in [7, 11) is 0. The standard InChI is InChI=1S/C14H10BrClF3N/c15-11-2-1-10(14(19)13(11)16)12(20)5-7-3-8(17)6-9(18)4-7/h1-4,6,12H,5,20H2. The zero-order chi connectivity index (χ0) is 14.9. The molecule has 0 aliphatic heterocycles. The Morgan fingerprint density at radius 3 is 2.30 bits per heavy atom. The highest BCUT2D eigenvalue weighted by Gasteiger charge is 2.17. The van der Waals surface area contributed by atoms with E-state index in [-0.39, 0.29) is 17.0 Å². The van der Waals surface area contributed by atoms with Crippen molar-refractivity contribution >= 4 is 27.5 Å². The fraction of sp³-hybridized carbons (Fsp3) is 0.143. The van der Waals surface area contributed by atoms with Gasteiger partial charge >= 0.3 is 0 Å². The van der Waals surface area contributed by atoms with Gasteiger partial charge in [0.2, 0.25) is 0 Å². The Labute approximate surface area is 127 Å². The molecule has 0 saturated carbocycles. The highest BCUT2D eigenvalue weighted by atomic mass is 79.9. The third-order valence-corrected chi connectivity index (χ3v) is 4.10. The van der Waals surface area contributed by atoms with Gasteiger partial charge in [0.1, 0.15) is 17.5 Å². The van der Waals surface area contributed by atoms with Crippen molar-refractivity contribution in [2.75, 3.05) is 0 Å². The molecule has 0 aliphatic rings. The van der Waals surface area contributed by atoms with Crippen LogP contribution in [-0.4, -0.2) is 0 Å². The number of halogens is 5. The maximum atomic E-state index is 14.0. The van der Waals surface area contributed by atoms with Crippen molar-refractivity contribution in [2.24, 2.45) is 5.73 Å². The van der Waals surface area contributed by atoms with Gasteiger partial charge in [-0.2, -0.15) is 0 Å². The molecule has 6 heteroatoms. The molecular formula is C14H10BrClF3N. The van der Waals surface area contributed by atoms with Crippen LogP contribution in [0.1, 0.15) is 17.2 Å². The lowest BCUT2D eigenvalue weighted by atomic mass is 9.99. The van der Waals surface area contributed by atoms with E-state index in [9.17, 15) is 13.2 Å². The third kappa shape index (κ3) is 3.34. The van der Waals surface area contributed by atoms with Crippen LogP contribution >= 0.6 is 27.5 Å². The molecule has 1 nitrogen and oxygen atoms in total. The molecule has 0 aliphatic carbocycles. The number of hydrogen-bond donors (Lipinski definition) is 1. The van der Waals surface area contributed by atoms with Gasteiger partial charge in [-0.25, -0.2) is 13.2 Å². The highest BCUT2D eigenvalue weighted by Crippen LogP contribution is 2.30. The minimum Gasteiger partial charge on any atom is -0.324 e. The van der Waals surface area contributed by atoms with E-state index in [1.807, 2.05) is 0 Å². The van der Waals surface area contributed by atoms with Gasteiger partial charge < -0.3 is 5.73 Å². The summed E-state index contributed by atoms with van der Waals surface area (Å²) in [6.45, 7) is 0. The Hall–Kier alpha value is -1.04. The summed E-state index contributed by atoms with van der Waals surface area (Å²) >= 11 is 8.89. The lowest BCUT2D eigenvalue weighted by molar-refractivity contribution is 0.566. The van der Waals surface area contributed by atoms with E-state index in [4.69, 9.17) is 17.3 Å². The van der Waals surface area contributed by atoms with Crippen LogP contribution in [-0.2, 0) is 6.42 Å². The minimum absolute atomic E-state index is 0.0663. The molecule has 0 amide bonds. The molecule has 2 aromatic carbocycles. The molecule has 0 radical (unpaired) electrons.